The molecule has 0 radical (unpaired) electrons. The van der Waals surface area contributed by atoms with Gasteiger partial charge < -0.3 is 10.1 Å². The first kappa shape index (κ1) is 11.4. The molecule has 0 aromatic heterocycles. The van der Waals surface area contributed by atoms with Crippen LogP contribution in [0.15, 0.2) is 0 Å². The van der Waals surface area contributed by atoms with Crippen molar-refractivity contribution in [3.63, 3.8) is 0 Å². The van der Waals surface area contributed by atoms with Gasteiger partial charge in [0, 0.05) is 20.1 Å². The minimum absolute atomic E-state index is 0.107. The van der Waals surface area contributed by atoms with Gasteiger partial charge in [-0.1, -0.05) is 13.3 Å². The SMILES string of the molecule is CCCCC(=O)NCC(C)OC. The van der Waals surface area contributed by atoms with Gasteiger partial charge in [0.25, 0.3) is 0 Å². The smallest absolute Gasteiger partial charge is 0.220 e. The minimum Gasteiger partial charge on any atom is -0.380 e. The van der Waals surface area contributed by atoms with Gasteiger partial charge in [0.1, 0.15) is 0 Å². The first-order chi connectivity index (χ1) is 5.70. The summed E-state index contributed by atoms with van der Waals surface area (Å²) in [5, 5.41) is 2.80. The number of carbonyl (C=O) groups excluding carboxylic acids is 1. The summed E-state index contributed by atoms with van der Waals surface area (Å²) in [6.07, 6.45) is 2.77. The third-order valence-electron chi connectivity index (χ3n) is 1.75. The normalized spacial score (nSPS) is 12.6. The number of ether oxygens (including phenoxy) is 1. The summed E-state index contributed by atoms with van der Waals surface area (Å²) in [6, 6.07) is 0. The van der Waals surface area contributed by atoms with E-state index in [2.05, 4.69) is 12.2 Å². The summed E-state index contributed by atoms with van der Waals surface area (Å²) in [4.78, 5) is 11.1. The van der Waals surface area contributed by atoms with E-state index >= 15 is 0 Å². The van der Waals surface area contributed by atoms with Gasteiger partial charge in [-0.05, 0) is 13.3 Å². The van der Waals surface area contributed by atoms with Crippen molar-refractivity contribution in [2.45, 2.75) is 39.2 Å². The Hall–Kier alpha value is -0.570. The van der Waals surface area contributed by atoms with Gasteiger partial charge in [0.15, 0.2) is 0 Å². The maximum absolute atomic E-state index is 11.1. The lowest BCUT2D eigenvalue weighted by molar-refractivity contribution is -0.121. The summed E-state index contributed by atoms with van der Waals surface area (Å²) < 4.78 is 4.99. The molecule has 0 bridgehead atoms. The van der Waals surface area contributed by atoms with Crippen LogP contribution in [0, 0.1) is 0 Å². The van der Waals surface area contributed by atoms with Gasteiger partial charge >= 0.3 is 0 Å². The topological polar surface area (TPSA) is 38.3 Å². The highest BCUT2D eigenvalue weighted by Crippen LogP contribution is 1.93. The molecule has 0 aromatic rings. The van der Waals surface area contributed by atoms with Gasteiger partial charge in [-0.3, -0.25) is 4.79 Å². The molecule has 1 N–H and O–H groups in total. The zero-order chi connectivity index (χ0) is 9.40. The molecule has 0 saturated heterocycles. The molecule has 0 heterocycles. The molecule has 0 aromatic carbocycles. The summed E-state index contributed by atoms with van der Waals surface area (Å²) in [5.41, 5.74) is 0. The molecule has 0 aliphatic rings. The van der Waals surface area contributed by atoms with Gasteiger partial charge in [0.05, 0.1) is 6.10 Å². The highest BCUT2D eigenvalue weighted by Gasteiger charge is 2.02. The molecule has 0 spiro atoms. The van der Waals surface area contributed by atoms with Crippen molar-refractivity contribution in [3.8, 4) is 0 Å². The number of unbranched alkanes of at least 4 members (excludes halogenated alkanes) is 1. The fourth-order valence-electron chi connectivity index (χ4n) is 0.767. The Labute approximate surface area is 74.5 Å². The van der Waals surface area contributed by atoms with E-state index in [1.807, 2.05) is 6.92 Å². The Morgan fingerprint density at radius 1 is 1.58 bits per heavy atom. The Balaban J connectivity index is 3.31. The third kappa shape index (κ3) is 6.16. The summed E-state index contributed by atoms with van der Waals surface area (Å²) in [7, 11) is 1.64. The van der Waals surface area contributed by atoms with Crippen LogP contribution in [0.3, 0.4) is 0 Å². The van der Waals surface area contributed by atoms with Crippen LogP contribution >= 0.6 is 0 Å². The lowest BCUT2D eigenvalue weighted by atomic mass is 10.2. The number of methoxy groups -OCH3 is 1. The average Bonchev–Trinajstić information content (AvgIpc) is 2.10. The van der Waals surface area contributed by atoms with Crippen molar-refractivity contribution in [2.24, 2.45) is 0 Å². The summed E-state index contributed by atoms with van der Waals surface area (Å²) >= 11 is 0. The zero-order valence-corrected chi connectivity index (χ0v) is 8.22. The van der Waals surface area contributed by atoms with E-state index in [0.717, 1.165) is 12.8 Å². The van der Waals surface area contributed by atoms with Crippen LogP contribution in [-0.2, 0) is 9.53 Å². The number of nitrogens with one attached hydrogen (secondary N) is 1. The monoisotopic (exact) mass is 173 g/mol. The van der Waals surface area contributed by atoms with Gasteiger partial charge in [0.2, 0.25) is 5.91 Å². The molecular weight excluding hydrogens is 154 g/mol. The largest absolute Gasteiger partial charge is 0.380 e. The van der Waals surface area contributed by atoms with Crippen LogP contribution < -0.4 is 5.32 Å². The molecule has 0 aliphatic heterocycles. The molecular formula is C9H19NO2. The first-order valence-electron chi connectivity index (χ1n) is 4.50. The highest BCUT2D eigenvalue weighted by molar-refractivity contribution is 5.75. The number of hydrogen-bond donors (Lipinski definition) is 1. The average molecular weight is 173 g/mol. The second-order valence-corrected chi connectivity index (χ2v) is 2.95. The van der Waals surface area contributed by atoms with E-state index in [-0.39, 0.29) is 12.0 Å². The van der Waals surface area contributed by atoms with E-state index < -0.39 is 0 Å². The molecule has 3 heteroatoms. The predicted octanol–water partition coefficient (Wildman–Crippen LogP) is 1.33. The predicted molar refractivity (Wildman–Crippen MR) is 49.0 cm³/mol. The molecule has 1 amide bonds. The second kappa shape index (κ2) is 7.10. The van der Waals surface area contributed by atoms with E-state index in [4.69, 9.17) is 4.74 Å². The second-order valence-electron chi connectivity index (χ2n) is 2.95. The third-order valence-corrected chi connectivity index (χ3v) is 1.75. The molecule has 1 unspecified atom stereocenters. The van der Waals surface area contributed by atoms with Crippen molar-refractivity contribution in [1.29, 1.82) is 0 Å². The molecule has 3 nitrogen and oxygen atoms in total. The van der Waals surface area contributed by atoms with Gasteiger partial charge in [-0.25, -0.2) is 0 Å². The number of amides is 1. The Kier molecular flexibility index (Phi) is 6.76. The molecule has 0 saturated carbocycles. The maximum atomic E-state index is 11.1. The number of rotatable bonds is 6. The van der Waals surface area contributed by atoms with Crippen LogP contribution in [0.25, 0.3) is 0 Å². The fraction of sp³-hybridized carbons (Fsp3) is 0.889. The first-order valence-corrected chi connectivity index (χ1v) is 4.50. The lowest BCUT2D eigenvalue weighted by Crippen LogP contribution is -2.31. The molecule has 72 valence electrons. The zero-order valence-electron chi connectivity index (χ0n) is 8.22. The van der Waals surface area contributed by atoms with Crippen molar-refractivity contribution >= 4 is 5.91 Å². The van der Waals surface area contributed by atoms with E-state index in [1.54, 1.807) is 7.11 Å². The molecule has 1 atom stereocenters. The Bertz CT molecular complexity index is 126. The van der Waals surface area contributed by atoms with Gasteiger partial charge in [-0.2, -0.15) is 0 Å². The van der Waals surface area contributed by atoms with Crippen molar-refractivity contribution in [3.05, 3.63) is 0 Å². The van der Waals surface area contributed by atoms with Crippen LogP contribution in [0.4, 0.5) is 0 Å². The molecule has 12 heavy (non-hydrogen) atoms. The van der Waals surface area contributed by atoms with Crippen LogP contribution in [0.1, 0.15) is 33.1 Å². The van der Waals surface area contributed by atoms with Crippen LogP contribution in [0.5, 0.6) is 0 Å². The highest BCUT2D eigenvalue weighted by atomic mass is 16.5. The van der Waals surface area contributed by atoms with Crippen molar-refractivity contribution in [1.82, 2.24) is 5.32 Å². The van der Waals surface area contributed by atoms with Crippen LogP contribution in [0.2, 0.25) is 0 Å². The van der Waals surface area contributed by atoms with Crippen molar-refractivity contribution < 1.29 is 9.53 Å². The van der Waals surface area contributed by atoms with E-state index in [1.165, 1.54) is 0 Å². The van der Waals surface area contributed by atoms with Crippen molar-refractivity contribution in [2.75, 3.05) is 13.7 Å². The summed E-state index contributed by atoms with van der Waals surface area (Å²) in [5.74, 6) is 0.126. The van der Waals surface area contributed by atoms with E-state index in [0.29, 0.717) is 13.0 Å². The lowest BCUT2D eigenvalue weighted by Gasteiger charge is -2.10. The Morgan fingerprint density at radius 2 is 2.25 bits per heavy atom. The molecule has 0 aliphatic carbocycles. The summed E-state index contributed by atoms with van der Waals surface area (Å²) in [6.45, 7) is 4.62. The maximum Gasteiger partial charge on any atom is 0.220 e. The Morgan fingerprint density at radius 3 is 2.75 bits per heavy atom. The number of carbonyl (C=O) groups is 1. The molecule has 0 fully saturated rings. The number of hydrogen-bond acceptors (Lipinski definition) is 2. The standard InChI is InChI=1S/C9H19NO2/c1-4-5-6-9(11)10-7-8(2)12-3/h8H,4-7H2,1-3H3,(H,10,11). The van der Waals surface area contributed by atoms with Crippen LogP contribution in [-0.4, -0.2) is 25.7 Å². The fourth-order valence-corrected chi connectivity index (χ4v) is 0.767. The minimum atomic E-state index is 0.107. The van der Waals surface area contributed by atoms with Gasteiger partial charge in [-0.15, -0.1) is 0 Å². The quantitative estimate of drug-likeness (QED) is 0.658. The molecule has 0 rings (SSSR count). The van der Waals surface area contributed by atoms with E-state index in [9.17, 15) is 4.79 Å².